The van der Waals surface area contributed by atoms with Crippen LogP contribution in [-0.4, -0.2) is 40.9 Å². The molecule has 1 aromatic carbocycles. The average molecular weight is 295 g/mol. The molecule has 1 fully saturated rings. The molecular weight excluding hydrogens is 283 g/mol. The average Bonchev–Trinajstić information content (AvgIpc) is 2.62. The highest BCUT2D eigenvalue weighted by molar-refractivity contribution is 7.99. The minimum absolute atomic E-state index is 0.188. The first-order valence-corrected chi connectivity index (χ1v) is 6.87. The van der Waals surface area contributed by atoms with Gasteiger partial charge in [-0.1, -0.05) is 23.2 Å². The van der Waals surface area contributed by atoms with Crippen molar-refractivity contribution in [3.05, 3.63) is 28.2 Å². The molecule has 17 heavy (non-hydrogen) atoms. The Morgan fingerprint density at radius 3 is 2.65 bits per heavy atom. The summed E-state index contributed by atoms with van der Waals surface area (Å²) in [6, 6.07) is 5.36. The Morgan fingerprint density at radius 2 is 2.06 bits per heavy atom. The minimum Gasteiger partial charge on any atom is -0.388 e. The summed E-state index contributed by atoms with van der Waals surface area (Å²) >= 11 is 13.2. The molecule has 0 spiro atoms. The van der Waals surface area contributed by atoms with Gasteiger partial charge < -0.3 is 14.9 Å². The van der Waals surface area contributed by atoms with Crippen LogP contribution in [0, 0.1) is 0 Å². The van der Waals surface area contributed by atoms with Crippen LogP contribution >= 0.6 is 35.0 Å². The summed E-state index contributed by atoms with van der Waals surface area (Å²) in [5, 5.41) is 19.9. The van der Waals surface area contributed by atoms with E-state index in [0.29, 0.717) is 15.8 Å². The van der Waals surface area contributed by atoms with Gasteiger partial charge in [-0.05, 0) is 18.2 Å². The van der Waals surface area contributed by atoms with Gasteiger partial charge in [0.15, 0.2) is 0 Å². The van der Waals surface area contributed by atoms with Crippen molar-refractivity contribution in [1.82, 2.24) is 0 Å². The third-order valence-electron chi connectivity index (χ3n) is 2.56. The molecule has 1 aromatic rings. The molecule has 2 N–H and O–H groups in total. The van der Waals surface area contributed by atoms with Crippen molar-refractivity contribution in [3.63, 3.8) is 0 Å². The van der Waals surface area contributed by atoms with Crippen LogP contribution in [0.5, 0.6) is 0 Å². The second-order valence-corrected chi connectivity index (χ2v) is 5.72. The Morgan fingerprint density at radius 1 is 1.29 bits per heavy atom. The predicted molar refractivity (Wildman–Crippen MR) is 68.9 cm³/mol. The first kappa shape index (κ1) is 13.5. The number of benzene rings is 1. The molecule has 1 aliphatic rings. The van der Waals surface area contributed by atoms with E-state index in [-0.39, 0.29) is 12.7 Å². The summed E-state index contributed by atoms with van der Waals surface area (Å²) in [4.78, 5) is 0.955. The molecule has 0 amide bonds. The monoisotopic (exact) mass is 294 g/mol. The third-order valence-corrected chi connectivity index (χ3v) is 4.38. The molecule has 0 aromatic heterocycles. The van der Waals surface area contributed by atoms with Crippen LogP contribution < -0.4 is 0 Å². The lowest BCUT2D eigenvalue weighted by Crippen LogP contribution is -2.31. The molecule has 3 atom stereocenters. The first-order chi connectivity index (χ1) is 8.08. The maximum Gasteiger partial charge on any atom is 0.109 e. The molecule has 1 heterocycles. The minimum atomic E-state index is -0.815. The number of aliphatic hydroxyl groups is 2. The summed E-state index contributed by atoms with van der Waals surface area (Å²) in [6.45, 7) is 0.188. The van der Waals surface area contributed by atoms with Gasteiger partial charge in [-0.25, -0.2) is 0 Å². The van der Waals surface area contributed by atoms with E-state index in [4.69, 9.17) is 27.9 Å². The van der Waals surface area contributed by atoms with Crippen molar-refractivity contribution in [3.8, 4) is 0 Å². The number of hydrogen-bond donors (Lipinski definition) is 2. The van der Waals surface area contributed by atoms with Crippen molar-refractivity contribution in [2.24, 2.45) is 0 Å². The first-order valence-electron chi connectivity index (χ1n) is 5.13. The van der Waals surface area contributed by atoms with E-state index >= 15 is 0 Å². The summed E-state index contributed by atoms with van der Waals surface area (Å²) in [5.74, 6) is 0.566. The molecule has 0 bridgehead atoms. The highest BCUT2D eigenvalue weighted by Gasteiger charge is 2.34. The van der Waals surface area contributed by atoms with E-state index in [1.54, 1.807) is 12.1 Å². The lowest BCUT2D eigenvalue weighted by molar-refractivity contribution is 0.0337. The van der Waals surface area contributed by atoms with Crippen LogP contribution in [0.1, 0.15) is 0 Å². The maximum absolute atomic E-state index is 9.60. The number of thioether (sulfide) groups is 1. The zero-order valence-electron chi connectivity index (χ0n) is 8.85. The largest absolute Gasteiger partial charge is 0.388 e. The molecule has 3 nitrogen and oxygen atoms in total. The van der Waals surface area contributed by atoms with Crippen molar-refractivity contribution >= 4 is 35.0 Å². The highest BCUT2D eigenvalue weighted by atomic mass is 35.5. The van der Waals surface area contributed by atoms with Crippen LogP contribution in [-0.2, 0) is 4.74 Å². The standard InChI is InChI=1S/C11H12Cl2O3S/c12-7-2-1-6(3-8(7)13)17-5-10-11(15)9(14)4-16-10/h1-3,9-11,14-15H,4-5H2. The Labute approximate surface area is 114 Å². The van der Waals surface area contributed by atoms with Crippen LogP contribution in [0.25, 0.3) is 0 Å². The van der Waals surface area contributed by atoms with Gasteiger partial charge in [0, 0.05) is 10.6 Å². The van der Waals surface area contributed by atoms with E-state index in [0.717, 1.165) is 4.90 Å². The maximum atomic E-state index is 9.60. The Bertz CT molecular complexity index is 402. The third kappa shape index (κ3) is 3.28. The second-order valence-electron chi connectivity index (χ2n) is 3.82. The number of rotatable bonds is 3. The fraction of sp³-hybridized carbons (Fsp3) is 0.455. The summed E-state index contributed by atoms with van der Waals surface area (Å²) < 4.78 is 5.27. The van der Waals surface area contributed by atoms with Crippen molar-refractivity contribution < 1.29 is 14.9 Å². The molecule has 1 aliphatic heterocycles. The summed E-state index contributed by atoms with van der Waals surface area (Å²) in [7, 11) is 0. The van der Waals surface area contributed by atoms with E-state index in [1.165, 1.54) is 11.8 Å². The topological polar surface area (TPSA) is 49.7 Å². The normalized spacial score (nSPS) is 28.6. The fourth-order valence-electron chi connectivity index (χ4n) is 1.56. The van der Waals surface area contributed by atoms with Crippen LogP contribution in [0.3, 0.4) is 0 Å². The molecule has 3 unspecified atom stereocenters. The van der Waals surface area contributed by atoms with E-state index in [1.807, 2.05) is 6.07 Å². The Balaban J connectivity index is 1.92. The molecule has 94 valence electrons. The molecule has 2 rings (SSSR count). The van der Waals surface area contributed by atoms with Crippen molar-refractivity contribution in [1.29, 1.82) is 0 Å². The number of ether oxygens (including phenoxy) is 1. The lowest BCUT2D eigenvalue weighted by atomic mass is 10.2. The van der Waals surface area contributed by atoms with Gasteiger partial charge in [0.1, 0.15) is 12.2 Å². The molecule has 6 heteroatoms. The van der Waals surface area contributed by atoms with Crippen molar-refractivity contribution in [2.45, 2.75) is 23.2 Å². The van der Waals surface area contributed by atoms with Gasteiger partial charge in [-0.3, -0.25) is 0 Å². The summed E-state index contributed by atoms with van der Waals surface area (Å²) in [6.07, 6.45) is -1.94. The number of hydrogen-bond acceptors (Lipinski definition) is 4. The molecule has 0 radical (unpaired) electrons. The molecule has 0 aliphatic carbocycles. The number of halogens is 2. The smallest absolute Gasteiger partial charge is 0.109 e. The summed E-state index contributed by atoms with van der Waals surface area (Å²) in [5.41, 5.74) is 0. The molecular formula is C11H12Cl2O3S. The van der Waals surface area contributed by atoms with Gasteiger partial charge in [-0.15, -0.1) is 11.8 Å². The molecule has 0 saturated carbocycles. The van der Waals surface area contributed by atoms with Gasteiger partial charge >= 0.3 is 0 Å². The fourth-order valence-corrected chi connectivity index (χ4v) is 2.94. The van der Waals surface area contributed by atoms with Gasteiger partial charge in [-0.2, -0.15) is 0 Å². The lowest BCUT2D eigenvalue weighted by Gasteiger charge is -2.14. The van der Waals surface area contributed by atoms with Crippen LogP contribution in [0.2, 0.25) is 10.0 Å². The SMILES string of the molecule is OC1COC(CSc2ccc(Cl)c(Cl)c2)C1O. The zero-order valence-corrected chi connectivity index (χ0v) is 11.2. The van der Waals surface area contributed by atoms with Gasteiger partial charge in [0.25, 0.3) is 0 Å². The van der Waals surface area contributed by atoms with Crippen LogP contribution in [0.4, 0.5) is 0 Å². The van der Waals surface area contributed by atoms with Gasteiger partial charge in [0.2, 0.25) is 0 Å². The second kappa shape index (κ2) is 5.78. The van der Waals surface area contributed by atoms with Crippen molar-refractivity contribution in [2.75, 3.05) is 12.4 Å². The van der Waals surface area contributed by atoms with E-state index in [9.17, 15) is 10.2 Å². The van der Waals surface area contributed by atoms with Gasteiger partial charge in [0.05, 0.1) is 22.8 Å². The number of aliphatic hydroxyl groups excluding tert-OH is 2. The predicted octanol–water partition coefficient (Wildman–Crippen LogP) is 2.21. The Kier molecular flexibility index (Phi) is 4.58. The highest BCUT2D eigenvalue weighted by Crippen LogP contribution is 2.29. The molecule has 1 saturated heterocycles. The van der Waals surface area contributed by atoms with E-state index < -0.39 is 12.2 Å². The Hall–Kier alpha value is 0.0300. The zero-order chi connectivity index (χ0) is 12.4. The van der Waals surface area contributed by atoms with Crippen LogP contribution in [0.15, 0.2) is 23.1 Å². The quantitative estimate of drug-likeness (QED) is 0.839. The van der Waals surface area contributed by atoms with E-state index in [2.05, 4.69) is 0 Å².